The van der Waals surface area contributed by atoms with Gasteiger partial charge in [0.25, 0.3) is 0 Å². The summed E-state index contributed by atoms with van der Waals surface area (Å²) >= 11 is 0. The predicted molar refractivity (Wildman–Crippen MR) is 148 cm³/mol. The molecule has 1 saturated heterocycles. The SMILES string of the molecule is CC1(C)NCC2(CCc3c(F)cc(F)cc32)N(CC(=O)Nc2ccc3c(c2)CC2(C3)c3cccnc3NC2O)C1=O. The highest BCUT2D eigenvalue weighted by Gasteiger charge is 2.54. The van der Waals surface area contributed by atoms with Crippen LogP contribution in [-0.2, 0) is 39.8 Å². The average molecular weight is 560 g/mol. The van der Waals surface area contributed by atoms with Crippen molar-refractivity contribution in [3.63, 3.8) is 0 Å². The van der Waals surface area contributed by atoms with Crippen LogP contribution in [0.5, 0.6) is 0 Å². The van der Waals surface area contributed by atoms with Gasteiger partial charge in [0.1, 0.15) is 30.2 Å². The van der Waals surface area contributed by atoms with Crippen molar-refractivity contribution in [1.82, 2.24) is 15.2 Å². The molecule has 3 heterocycles. The number of hydrogen-bond acceptors (Lipinski definition) is 6. The molecular formula is C31H31F2N5O3. The van der Waals surface area contributed by atoms with E-state index in [4.69, 9.17) is 0 Å². The first-order valence-electron chi connectivity index (χ1n) is 13.9. The number of rotatable bonds is 3. The van der Waals surface area contributed by atoms with Crippen LogP contribution >= 0.6 is 0 Å². The maximum Gasteiger partial charge on any atom is 0.244 e. The summed E-state index contributed by atoms with van der Waals surface area (Å²) < 4.78 is 29.0. The molecule has 0 radical (unpaired) electrons. The molecule has 1 aromatic heterocycles. The largest absolute Gasteiger partial charge is 0.373 e. The first kappa shape index (κ1) is 26.0. The standard InChI is InChI=1S/C31H31F2N5O3/c1-29(2)28(41)38(31(16-35-29)8-7-21-23(31)11-19(32)12-24(21)33)15-25(39)36-20-6-5-17-13-30(14-18(17)10-20)22-4-3-9-34-26(22)37-27(30)40/h3-6,9-12,27,35,40H,7-8,13-16H2,1-2H3,(H,34,37)(H,36,39). The van der Waals surface area contributed by atoms with E-state index >= 15 is 0 Å². The number of aliphatic hydroxyl groups excluding tert-OH is 1. The highest BCUT2D eigenvalue weighted by Crippen LogP contribution is 2.49. The number of benzene rings is 2. The molecule has 7 rings (SSSR count). The van der Waals surface area contributed by atoms with Gasteiger partial charge in [-0.05, 0) is 86.1 Å². The Morgan fingerprint density at radius 2 is 1.95 bits per heavy atom. The van der Waals surface area contributed by atoms with E-state index in [1.165, 1.54) is 11.0 Å². The molecule has 8 nitrogen and oxygen atoms in total. The second kappa shape index (κ2) is 8.80. The number of amides is 2. The van der Waals surface area contributed by atoms with Crippen LogP contribution < -0.4 is 16.0 Å². The van der Waals surface area contributed by atoms with Crippen LogP contribution in [0.2, 0.25) is 0 Å². The van der Waals surface area contributed by atoms with Crippen LogP contribution in [0.15, 0.2) is 48.7 Å². The zero-order chi connectivity index (χ0) is 28.7. The zero-order valence-electron chi connectivity index (χ0n) is 22.9. The molecular weight excluding hydrogens is 528 g/mol. The number of piperazine rings is 1. The van der Waals surface area contributed by atoms with Gasteiger partial charge in [0.15, 0.2) is 0 Å². The molecule has 3 unspecified atom stereocenters. The van der Waals surface area contributed by atoms with E-state index in [0.717, 1.165) is 22.8 Å². The third-order valence-electron chi connectivity index (χ3n) is 9.51. The highest BCUT2D eigenvalue weighted by molar-refractivity contribution is 5.97. The summed E-state index contributed by atoms with van der Waals surface area (Å²) in [5.74, 6) is -1.35. The molecule has 3 atom stereocenters. The van der Waals surface area contributed by atoms with E-state index in [9.17, 15) is 23.5 Å². The smallest absolute Gasteiger partial charge is 0.244 e. The van der Waals surface area contributed by atoms with Gasteiger partial charge in [-0.25, -0.2) is 13.8 Å². The molecule has 212 valence electrons. The molecule has 2 aliphatic carbocycles. The average Bonchev–Trinajstić information content (AvgIpc) is 3.57. The molecule has 2 aromatic carbocycles. The normalized spacial score (nSPS) is 27.1. The van der Waals surface area contributed by atoms with Crippen molar-refractivity contribution >= 4 is 23.3 Å². The first-order chi connectivity index (χ1) is 19.5. The quantitative estimate of drug-likeness (QED) is 0.393. The number of halogens is 2. The first-order valence-corrected chi connectivity index (χ1v) is 13.9. The third-order valence-corrected chi connectivity index (χ3v) is 9.51. The van der Waals surface area contributed by atoms with Crippen LogP contribution in [0.25, 0.3) is 0 Å². The van der Waals surface area contributed by atoms with Crippen LogP contribution in [0.4, 0.5) is 20.3 Å². The summed E-state index contributed by atoms with van der Waals surface area (Å²) in [6.07, 6.45) is 2.88. The lowest BCUT2D eigenvalue weighted by atomic mass is 9.79. The Hall–Kier alpha value is -3.89. The van der Waals surface area contributed by atoms with Crippen molar-refractivity contribution in [3.05, 3.63) is 88.1 Å². The fourth-order valence-corrected chi connectivity index (χ4v) is 7.34. The highest BCUT2D eigenvalue weighted by atomic mass is 19.1. The van der Waals surface area contributed by atoms with Gasteiger partial charge in [-0.15, -0.1) is 0 Å². The Labute approximate surface area is 236 Å². The van der Waals surface area contributed by atoms with Crippen molar-refractivity contribution < 1.29 is 23.5 Å². The molecule has 1 fully saturated rings. The molecule has 10 heteroatoms. The minimum atomic E-state index is -1.03. The summed E-state index contributed by atoms with van der Waals surface area (Å²) in [5, 5.41) is 20.2. The monoisotopic (exact) mass is 559 g/mol. The topological polar surface area (TPSA) is 107 Å². The molecule has 2 aliphatic heterocycles. The Kier molecular flexibility index (Phi) is 5.59. The van der Waals surface area contributed by atoms with Crippen molar-refractivity contribution in [2.45, 2.75) is 62.3 Å². The van der Waals surface area contributed by atoms with Crippen LogP contribution in [0, 0.1) is 11.6 Å². The van der Waals surface area contributed by atoms with E-state index in [1.54, 1.807) is 20.0 Å². The summed E-state index contributed by atoms with van der Waals surface area (Å²) in [4.78, 5) is 33.0. The summed E-state index contributed by atoms with van der Waals surface area (Å²) in [6.45, 7) is 3.50. The van der Waals surface area contributed by atoms with Crippen molar-refractivity contribution in [3.8, 4) is 0 Å². The van der Waals surface area contributed by atoms with Gasteiger partial charge in [0, 0.05) is 30.1 Å². The molecule has 2 amide bonds. The Bertz CT molecular complexity index is 1630. The van der Waals surface area contributed by atoms with Gasteiger partial charge in [0.05, 0.1) is 16.5 Å². The van der Waals surface area contributed by atoms with Gasteiger partial charge >= 0.3 is 0 Å². The Morgan fingerprint density at radius 3 is 2.78 bits per heavy atom. The van der Waals surface area contributed by atoms with E-state index < -0.39 is 40.3 Å². The molecule has 41 heavy (non-hydrogen) atoms. The number of pyridine rings is 1. The number of fused-ring (bicyclic) bond motifs is 5. The second-order valence-corrected chi connectivity index (χ2v) is 12.3. The Morgan fingerprint density at radius 1 is 1.15 bits per heavy atom. The van der Waals surface area contributed by atoms with Gasteiger partial charge in [-0.2, -0.15) is 0 Å². The minimum absolute atomic E-state index is 0.260. The van der Waals surface area contributed by atoms with Crippen molar-refractivity contribution in [1.29, 1.82) is 0 Å². The van der Waals surface area contributed by atoms with Crippen LogP contribution in [0.3, 0.4) is 0 Å². The van der Waals surface area contributed by atoms with E-state index in [-0.39, 0.29) is 19.0 Å². The van der Waals surface area contributed by atoms with Crippen molar-refractivity contribution in [2.24, 2.45) is 0 Å². The number of aromatic nitrogens is 1. The van der Waals surface area contributed by atoms with Gasteiger partial charge < -0.3 is 26.0 Å². The fourth-order valence-electron chi connectivity index (χ4n) is 7.34. The number of aliphatic hydroxyl groups is 1. The van der Waals surface area contributed by atoms with Crippen molar-refractivity contribution in [2.75, 3.05) is 23.7 Å². The summed E-state index contributed by atoms with van der Waals surface area (Å²) in [7, 11) is 0. The second-order valence-electron chi connectivity index (χ2n) is 12.3. The van der Waals surface area contributed by atoms with Gasteiger partial charge in [-0.3, -0.25) is 9.59 Å². The molecule has 4 aliphatic rings. The predicted octanol–water partition coefficient (Wildman–Crippen LogP) is 3.13. The fraction of sp³-hybridized carbons (Fsp3) is 0.387. The molecule has 0 saturated carbocycles. The molecule has 4 N–H and O–H groups in total. The van der Waals surface area contributed by atoms with Gasteiger partial charge in [0.2, 0.25) is 11.8 Å². The number of carbonyl (C=O) groups is 2. The lowest BCUT2D eigenvalue weighted by molar-refractivity contribution is -0.152. The van der Waals surface area contributed by atoms with E-state index in [0.29, 0.717) is 48.3 Å². The van der Waals surface area contributed by atoms with Crippen LogP contribution in [-0.4, -0.2) is 51.7 Å². The summed E-state index contributed by atoms with van der Waals surface area (Å²) in [6, 6.07) is 11.7. The maximum absolute atomic E-state index is 14.7. The lowest BCUT2D eigenvalue weighted by Crippen LogP contribution is -2.70. The lowest BCUT2D eigenvalue weighted by Gasteiger charge is -2.50. The van der Waals surface area contributed by atoms with Gasteiger partial charge in [-0.1, -0.05) is 12.1 Å². The molecule has 2 spiro atoms. The number of nitrogens with one attached hydrogen (secondary N) is 3. The molecule has 3 aromatic rings. The molecule has 0 bridgehead atoms. The third kappa shape index (κ3) is 3.80. The minimum Gasteiger partial charge on any atom is -0.373 e. The Balaban J connectivity index is 1.15. The maximum atomic E-state index is 14.7. The summed E-state index contributed by atoms with van der Waals surface area (Å²) in [5.41, 5.74) is 1.97. The van der Waals surface area contributed by atoms with E-state index in [2.05, 4.69) is 20.9 Å². The van der Waals surface area contributed by atoms with E-state index in [1.807, 2.05) is 30.3 Å². The number of anilines is 2. The zero-order valence-corrected chi connectivity index (χ0v) is 22.9. The number of hydrogen-bond donors (Lipinski definition) is 4. The van der Waals surface area contributed by atoms with Crippen LogP contribution in [0.1, 0.15) is 48.1 Å². The number of carbonyl (C=O) groups excluding carboxylic acids is 2. The number of nitrogens with zero attached hydrogens (tertiary/aromatic N) is 2.